The summed E-state index contributed by atoms with van der Waals surface area (Å²) in [5.41, 5.74) is 2.52. The monoisotopic (exact) mass is 327 g/mol. The van der Waals surface area contributed by atoms with E-state index in [1.807, 2.05) is 18.2 Å². The van der Waals surface area contributed by atoms with E-state index in [-0.39, 0.29) is 5.88 Å². The summed E-state index contributed by atoms with van der Waals surface area (Å²) >= 11 is 0. The molecule has 0 aliphatic carbocycles. The van der Waals surface area contributed by atoms with Gasteiger partial charge >= 0.3 is 0 Å². The number of nitrogens with one attached hydrogen (secondary N) is 2. The molecule has 124 valence electrons. The molecule has 7 nitrogen and oxygen atoms in total. The van der Waals surface area contributed by atoms with E-state index in [1.54, 1.807) is 27.5 Å². The highest BCUT2D eigenvalue weighted by molar-refractivity contribution is 6.01. The van der Waals surface area contributed by atoms with Crippen molar-refractivity contribution in [1.29, 1.82) is 5.41 Å². The number of aromatic amines is 1. The van der Waals surface area contributed by atoms with Crippen molar-refractivity contribution in [2.45, 2.75) is 0 Å². The van der Waals surface area contributed by atoms with Crippen LogP contribution in [-0.2, 0) is 0 Å². The van der Waals surface area contributed by atoms with Crippen molar-refractivity contribution in [3.63, 3.8) is 0 Å². The summed E-state index contributed by atoms with van der Waals surface area (Å²) in [5.74, 6) is 1.51. The van der Waals surface area contributed by atoms with Crippen molar-refractivity contribution in [3.05, 3.63) is 30.0 Å². The van der Waals surface area contributed by atoms with Crippen LogP contribution in [-0.4, -0.2) is 42.6 Å². The smallest absolute Gasteiger partial charge is 0.203 e. The third-order valence-electron chi connectivity index (χ3n) is 3.81. The maximum Gasteiger partial charge on any atom is 0.203 e. The minimum Gasteiger partial charge on any atom is -0.494 e. The Kier molecular flexibility index (Phi) is 3.99. The summed E-state index contributed by atoms with van der Waals surface area (Å²) < 4.78 is 16.1. The first-order chi connectivity index (χ1) is 11.6. The molecule has 3 aromatic rings. The molecule has 24 heavy (non-hydrogen) atoms. The minimum absolute atomic E-state index is 0.0745. The van der Waals surface area contributed by atoms with Crippen LogP contribution in [0.1, 0.15) is 5.56 Å². The predicted octanol–water partition coefficient (Wildman–Crippen LogP) is 2.96. The molecule has 0 aliphatic rings. The van der Waals surface area contributed by atoms with Crippen LogP contribution in [0.15, 0.2) is 24.4 Å². The number of nitrogens with zero attached hydrogens (tertiary/aromatic N) is 1. The van der Waals surface area contributed by atoms with E-state index < -0.39 is 0 Å². The zero-order valence-corrected chi connectivity index (χ0v) is 13.5. The molecular formula is C17H17N3O4. The zero-order valence-electron chi connectivity index (χ0n) is 13.5. The first kappa shape index (κ1) is 15.7. The molecule has 3 N–H and O–H groups in total. The fraction of sp³-hybridized carbons (Fsp3) is 0.176. The molecule has 0 fully saturated rings. The zero-order chi connectivity index (χ0) is 17.3. The van der Waals surface area contributed by atoms with Crippen LogP contribution in [0.25, 0.3) is 22.2 Å². The van der Waals surface area contributed by atoms with Gasteiger partial charge in [0.1, 0.15) is 5.65 Å². The number of hydrogen-bond donors (Lipinski definition) is 3. The van der Waals surface area contributed by atoms with Crippen molar-refractivity contribution in [2.75, 3.05) is 21.3 Å². The molecule has 0 atom stereocenters. The van der Waals surface area contributed by atoms with E-state index in [0.29, 0.717) is 33.8 Å². The van der Waals surface area contributed by atoms with Gasteiger partial charge in [0, 0.05) is 23.4 Å². The third-order valence-corrected chi connectivity index (χ3v) is 3.81. The van der Waals surface area contributed by atoms with Crippen LogP contribution in [0, 0.1) is 5.41 Å². The Balaban J connectivity index is 2.21. The SMILES string of the molecule is COc1cc(-c2cnc3[nH]c(O)c(C=N)c3c2)cc(OC)c1OC. The summed E-state index contributed by atoms with van der Waals surface area (Å²) in [6.45, 7) is 0. The van der Waals surface area contributed by atoms with Crippen molar-refractivity contribution in [2.24, 2.45) is 0 Å². The van der Waals surface area contributed by atoms with E-state index in [0.717, 1.165) is 17.3 Å². The number of methoxy groups -OCH3 is 3. The standard InChI is InChI=1S/C17H17N3O4/c1-22-13-5-9(6-14(23-2)15(13)24-3)10-4-11-12(7-18)17(21)20-16(11)19-8-10/h4-8,18,21H,1-3H3,(H,19,20). The van der Waals surface area contributed by atoms with Gasteiger partial charge in [0.15, 0.2) is 17.4 Å². The van der Waals surface area contributed by atoms with Crippen LogP contribution in [0.3, 0.4) is 0 Å². The Morgan fingerprint density at radius 1 is 1.04 bits per heavy atom. The molecule has 2 heterocycles. The van der Waals surface area contributed by atoms with Crippen LogP contribution in [0.2, 0.25) is 0 Å². The average molecular weight is 327 g/mol. The molecule has 0 spiro atoms. The Morgan fingerprint density at radius 3 is 2.25 bits per heavy atom. The van der Waals surface area contributed by atoms with E-state index in [9.17, 15) is 5.11 Å². The maximum absolute atomic E-state index is 9.83. The number of aromatic nitrogens is 2. The predicted molar refractivity (Wildman–Crippen MR) is 90.7 cm³/mol. The second-order valence-corrected chi connectivity index (χ2v) is 5.07. The lowest BCUT2D eigenvalue weighted by atomic mass is 10.0. The number of aromatic hydroxyl groups is 1. The van der Waals surface area contributed by atoms with Crippen LogP contribution in [0.5, 0.6) is 23.1 Å². The third kappa shape index (κ3) is 2.40. The van der Waals surface area contributed by atoms with Crippen molar-refractivity contribution < 1.29 is 19.3 Å². The molecule has 0 amide bonds. The molecule has 0 aliphatic heterocycles. The highest BCUT2D eigenvalue weighted by atomic mass is 16.5. The molecular weight excluding hydrogens is 310 g/mol. The lowest BCUT2D eigenvalue weighted by Gasteiger charge is -2.14. The fourth-order valence-corrected chi connectivity index (χ4v) is 2.63. The van der Waals surface area contributed by atoms with Gasteiger partial charge in [-0.1, -0.05) is 0 Å². The number of H-pyrrole nitrogens is 1. The second kappa shape index (κ2) is 6.11. The van der Waals surface area contributed by atoms with E-state index in [1.165, 1.54) is 0 Å². The number of benzene rings is 1. The summed E-state index contributed by atoms with van der Waals surface area (Å²) in [6, 6.07) is 5.49. The molecule has 7 heteroatoms. The van der Waals surface area contributed by atoms with Gasteiger partial charge in [-0.3, -0.25) is 0 Å². The van der Waals surface area contributed by atoms with Gasteiger partial charge in [-0.05, 0) is 23.8 Å². The molecule has 0 saturated carbocycles. The molecule has 1 aromatic carbocycles. The van der Waals surface area contributed by atoms with Gasteiger partial charge < -0.3 is 29.7 Å². The van der Waals surface area contributed by atoms with Crippen molar-refractivity contribution in [3.8, 4) is 34.3 Å². The minimum atomic E-state index is -0.0745. The fourth-order valence-electron chi connectivity index (χ4n) is 2.63. The van der Waals surface area contributed by atoms with Crippen LogP contribution >= 0.6 is 0 Å². The first-order valence-corrected chi connectivity index (χ1v) is 7.14. The van der Waals surface area contributed by atoms with Gasteiger partial charge in [0.2, 0.25) is 5.75 Å². The van der Waals surface area contributed by atoms with Gasteiger partial charge in [0.05, 0.1) is 26.9 Å². The van der Waals surface area contributed by atoms with Gasteiger partial charge in [0.25, 0.3) is 0 Å². The summed E-state index contributed by atoms with van der Waals surface area (Å²) in [6.07, 6.45) is 2.77. The van der Waals surface area contributed by atoms with Crippen molar-refractivity contribution >= 4 is 17.2 Å². The van der Waals surface area contributed by atoms with Gasteiger partial charge in [-0.25, -0.2) is 4.98 Å². The number of pyridine rings is 1. The molecule has 0 saturated heterocycles. The number of hydrogen-bond acceptors (Lipinski definition) is 6. The molecule has 3 rings (SSSR count). The highest BCUT2D eigenvalue weighted by Crippen LogP contribution is 2.41. The largest absolute Gasteiger partial charge is 0.494 e. The summed E-state index contributed by atoms with van der Waals surface area (Å²) in [7, 11) is 4.66. The molecule has 0 radical (unpaired) electrons. The lowest BCUT2D eigenvalue weighted by Crippen LogP contribution is -1.96. The summed E-state index contributed by atoms with van der Waals surface area (Å²) in [5, 5.41) is 17.9. The van der Waals surface area contributed by atoms with Crippen LogP contribution < -0.4 is 14.2 Å². The summed E-state index contributed by atoms with van der Waals surface area (Å²) in [4.78, 5) is 7.05. The first-order valence-electron chi connectivity index (χ1n) is 7.14. The van der Waals surface area contributed by atoms with Crippen molar-refractivity contribution in [1.82, 2.24) is 9.97 Å². The average Bonchev–Trinajstić information content (AvgIpc) is 2.94. The Labute approximate surface area is 138 Å². The Morgan fingerprint density at radius 2 is 1.71 bits per heavy atom. The van der Waals surface area contributed by atoms with Crippen LogP contribution in [0.4, 0.5) is 0 Å². The topological polar surface area (TPSA) is 100 Å². The Bertz CT molecular complexity index is 893. The Hall–Kier alpha value is -3.22. The van der Waals surface area contributed by atoms with Gasteiger partial charge in [-0.15, -0.1) is 0 Å². The lowest BCUT2D eigenvalue weighted by molar-refractivity contribution is 0.324. The maximum atomic E-state index is 9.83. The van der Waals surface area contributed by atoms with Gasteiger partial charge in [-0.2, -0.15) is 0 Å². The highest BCUT2D eigenvalue weighted by Gasteiger charge is 2.16. The normalized spacial score (nSPS) is 10.6. The number of rotatable bonds is 5. The quantitative estimate of drug-likeness (QED) is 0.626. The molecule has 0 unspecified atom stereocenters. The van der Waals surface area contributed by atoms with E-state index in [4.69, 9.17) is 19.6 Å². The van der Waals surface area contributed by atoms with E-state index in [2.05, 4.69) is 9.97 Å². The number of fused-ring (bicyclic) bond motifs is 1. The second-order valence-electron chi connectivity index (χ2n) is 5.07. The number of ether oxygens (including phenoxy) is 3. The molecule has 0 bridgehead atoms. The van der Waals surface area contributed by atoms with E-state index >= 15 is 0 Å². The molecule has 2 aromatic heterocycles.